The molecule has 0 aliphatic carbocycles. The number of hydrogen-bond donors (Lipinski definition) is 2. The fourth-order valence-corrected chi connectivity index (χ4v) is 2.05. The van der Waals surface area contributed by atoms with Crippen LogP contribution in [-0.4, -0.2) is 6.54 Å². The Morgan fingerprint density at radius 2 is 2.06 bits per heavy atom. The molecule has 0 fully saturated rings. The zero-order valence-corrected chi connectivity index (χ0v) is 11.2. The zero-order chi connectivity index (χ0) is 12.3. The number of rotatable bonds is 4. The van der Waals surface area contributed by atoms with Crippen molar-refractivity contribution in [2.24, 2.45) is 5.73 Å². The Bertz CT molecular complexity index is 496. The second kappa shape index (κ2) is 5.38. The monoisotopic (exact) mass is 294 g/mol. The molecule has 3 nitrogen and oxygen atoms in total. The Kier molecular flexibility index (Phi) is 3.86. The Morgan fingerprint density at radius 1 is 1.29 bits per heavy atom. The van der Waals surface area contributed by atoms with Gasteiger partial charge >= 0.3 is 0 Å². The molecule has 1 unspecified atom stereocenters. The Morgan fingerprint density at radius 3 is 2.65 bits per heavy atom. The van der Waals surface area contributed by atoms with E-state index in [9.17, 15) is 0 Å². The van der Waals surface area contributed by atoms with Gasteiger partial charge in [-0.3, -0.25) is 0 Å². The minimum atomic E-state index is -0.0117. The maximum Gasteiger partial charge on any atom is 0.127 e. The fraction of sp³-hybridized carbons (Fsp3) is 0.231. The molecule has 0 aliphatic rings. The molecule has 0 spiro atoms. The van der Waals surface area contributed by atoms with E-state index in [2.05, 4.69) is 21.2 Å². The number of anilines is 1. The number of benzene rings is 1. The van der Waals surface area contributed by atoms with Crippen LogP contribution in [0.25, 0.3) is 0 Å². The van der Waals surface area contributed by atoms with E-state index >= 15 is 0 Å². The molecule has 0 saturated carbocycles. The van der Waals surface area contributed by atoms with Crippen molar-refractivity contribution >= 4 is 21.6 Å². The molecule has 0 radical (unpaired) electrons. The van der Waals surface area contributed by atoms with Crippen molar-refractivity contribution in [2.45, 2.75) is 13.0 Å². The fourth-order valence-electron chi connectivity index (χ4n) is 1.65. The molecule has 17 heavy (non-hydrogen) atoms. The highest BCUT2D eigenvalue weighted by Gasteiger charge is 2.14. The lowest BCUT2D eigenvalue weighted by molar-refractivity contribution is 0.459. The van der Waals surface area contributed by atoms with E-state index < -0.39 is 0 Å². The van der Waals surface area contributed by atoms with E-state index in [1.54, 1.807) is 0 Å². The standard InChI is InChI=1S/C13H15BrN2O/c1-9-6-7-13(17-9)12(8-15)16-11-5-3-2-4-10(11)14/h2-7,12,16H,8,15H2,1H3. The normalized spacial score (nSPS) is 12.4. The van der Waals surface area contributed by atoms with Crippen LogP contribution in [0, 0.1) is 6.92 Å². The summed E-state index contributed by atoms with van der Waals surface area (Å²) in [5.41, 5.74) is 6.79. The highest BCUT2D eigenvalue weighted by Crippen LogP contribution is 2.26. The summed E-state index contributed by atoms with van der Waals surface area (Å²) in [6, 6.07) is 11.8. The molecule has 0 aliphatic heterocycles. The third-order valence-corrected chi connectivity index (χ3v) is 3.24. The lowest BCUT2D eigenvalue weighted by Gasteiger charge is -2.16. The number of nitrogens with one attached hydrogen (secondary N) is 1. The molecule has 1 heterocycles. The van der Waals surface area contributed by atoms with E-state index in [1.807, 2.05) is 43.3 Å². The molecule has 1 aromatic carbocycles. The van der Waals surface area contributed by atoms with Gasteiger partial charge in [0.05, 0.1) is 6.04 Å². The molecule has 1 atom stereocenters. The first-order valence-electron chi connectivity index (χ1n) is 5.48. The molecule has 1 aromatic heterocycles. The number of hydrogen-bond acceptors (Lipinski definition) is 3. The summed E-state index contributed by atoms with van der Waals surface area (Å²) < 4.78 is 6.61. The van der Waals surface area contributed by atoms with Gasteiger partial charge in [-0.1, -0.05) is 12.1 Å². The van der Waals surface area contributed by atoms with Gasteiger partial charge in [-0.2, -0.15) is 0 Å². The molecule has 0 bridgehead atoms. The first kappa shape index (κ1) is 12.2. The van der Waals surface area contributed by atoms with Crippen LogP contribution in [0.15, 0.2) is 45.3 Å². The number of para-hydroxylation sites is 1. The summed E-state index contributed by atoms with van der Waals surface area (Å²) in [5.74, 6) is 1.76. The van der Waals surface area contributed by atoms with E-state index in [0.717, 1.165) is 21.7 Å². The maximum absolute atomic E-state index is 5.77. The molecule has 3 N–H and O–H groups in total. The van der Waals surface area contributed by atoms with E-state index in [4.69, 9.17) is 10.2 Å². The largest absolute Gasteiger partial charge is 0.464 e. The van der Waals surface area contributed by atoms with Crippen LogP contribution in [0.3, 0.4) is 0 Å². The van der Waals surface area contributed by atoms with Crippen LogP contribution in [0.1, 0.15) is 17.6 Å². The van der Waals surface area contributed by atoms with Crippen molar-refractivity contribution in [3.8, 4) is 0 Å². The van der Waals surface area contributed by atoms with Crippen molar-refractivity contribution in [1.82, 2.24) is 0 Å². The molecule has 2 aromatic rings. The van der Waals surface area contributed by atoms with Crippen LogP contribution >= 0.6 is 15.9 Å². The quantitative estimate of drug-likeness (QED) is 0.908. The van der Waals surface area contributed by atoms with Gasteiger partial charge in [0.15, 0.2) is 0 Å². The summed E-state index contributed by atoms with van der Waals surface area (Å²) >= 11 is 3.50. The summed E-state index contributed by atoms with van der Waals surface area (Å²) in [6.07, 6.45) is 0. The molecule has 4 heteroatoms. The SMILES string of the molecule is Cc1ccc(C(CN)Nc2ccccc2Br)o1. The van der Waals surface area contributed by atoms with Gasteiger partial charge in [-0.05, 0) is 47.1 Å². The zero-order valence-electron chi connectivity index (χ0n) is 9.61. The van der Waals surface area contributed by atoms with E-state index in [0.29, 0.717) is 6.54 Å². The number of nitrogens with two attached hydrogens (primary N) is 1. The van der Waals surface area contributed by atoms with E-state index in [1.165, 1.54) is 0 Å². The van der Waals surface area contributed by atoms with Gasteiger partial charge in [-0.15, -0.1) is 0 Å². The average Bonchev–Trinajstić information content (AvgIpc) is 2.75. The summed E-state index contributed by atoms with van der Waals surface area (Å²) in [6.45, 7) is 2.41. The second-order valence-electron chi connectivity index (χ2n) is 3.86. The van der Waals surface area contributed by atoms with Crippen LogP contribution < -0.4 is 11.1 Å². The van der Waals surface area contributed by atoms with Gasteiger partial charge in [0.2, 0.25) is 0 Å². The van der Waals surface area contributed by atoms with E-state index in [-0.39, 0.29) is 6.04 Å². The molecule has 2 rings (SSSR count). The third kappa shape index (κ3) is 2.90. The Labute approximate surface area is 109 Å². The Hall–Kier alpha value is -1.26. The van der Waals surface area contributed by atoms with Crippen LogP contribution in [0.5, 0.6) is 0 Å². The molecule has 0 amide bonds. The summed E-state index contributed by atoms with van der Waals surface area (Å²) in [4.78, 5) is 0. The third-order valence-electron chi connectivity index (χ3n) is 2.54. The maximum atomic E-state index is 5.77. The number of furan rings is 1. The van der Waals surface area contributed by atoms with Gasteiger partial charge in [-0.25, -0.2) is 0 Å². The minimum Gasteiger partial charge on any atom is -0.464 e. The second-order valence-corrected chi connectivity index (χ2v) is 4.72. The smallest absolute Gasteiger partial charge is 0.127 e. The molecule has 0 saturated heterocycles. The van der Waals surface area contributed by atoms with Crippen molar-refractivity contribution in [1.29, 1.82) is 0 Å². The van der Waals surface area contributed by atoms with Crippen LogP contribution in [0.2, 0.25) is 0 Å². The highest BCUT2D eigenvalue weighted by atomic mass is 79.9. The minimum absolute atomic E-state index is 0.0117. The van der Waals surface area contributed by atoms with Crippen LogP contribution in [-0.2, 0) is 0 Å². The topological polar surface area (TPSA) is 51.2 Å². The average molecular weight is 295 g/mol. The van der Waals surface area contributed by atoms with Gasteiger partial charge in [0, 0.05) is 16.7 Å². The summed E-state index contributed by atoms with van der Waals surface area (Å²) in [7, 11) is 0. The number of aryl methyl sites for hydroxylation is 1. The van der Waals surface area contributed by atoms with Gasteiger partial charge in [0.1, 0.15) is 11.5 Å². The first-order valence-corrected chi connectivity index (χ1v) is 6.27. The lowest BCUT2D eigenvalue weighted by atomic mass is 10.2. The van der Waals surface area contributed by atoms with Crippen molar-refractivity contribution < 1.29 is 4.42 Å². The lowest BCUT2D eigenvalue weighted by Crippen LogP contribution is -2.20. The predicted molar refractivity (Wildman–Crippen MR) is 73.0 cm³/mol. The molecule has 90 valence electrons. The summed E-state index contributed by atoms with van der Waals surface area (Å²) in [5, 5.41) is 3.36. The van der Waals surface area contributed by atoms with Crippen LogP contribution in [0.4, 0.5) is 5.69 Å². The Balaban J connectivity index is 2.18. The van der Waals surface area contributed by atoms with Gasteiger partial charge in [0.25, 0.3) is 0 Å². The molecular weight excluding hydrogens is 280 g/mol. The van der Waals surface area contributed by atoms with Crippen molar-refractivity contribution in [2.75, 3.05) is 11.9 Å². The predicted octanol–water partition coefficient (Wildman–Crippen LogP) is 3.46. The van der Waals surface area contributed by atoms with Crippen molar-refractivity contribution in [3.05, 3.63) is 52.4 Å². The number of halogens is 1. The first-order chi connectivity index (χ1) is 8.20. The highest BCUT2D eigenvalue weighted by molar-refractivity contribution is 9.10. The van der Waals surface area contributed by atoms with Crippen molar-refractivity contribution in [3.63, 3.8) is 0 Å². The molecular formula is C13H15BrN2O. The van der Waals surface area contributed by atoms with Gasteiger partial charge < -0.3 is 15.5 Å².